The Morgan fingerprint density at radius 1 is 1.26 bits per heavy atom. The molecule has 0 saturated carbocycles. The number of hydrogen-bond donors (Lipinski definition) is 1. The van der Waals surface area contributed by atoms with E-state index in [4.69, 9.17) is 0 Å². The summed E-state index contributed by atoms with van der Waals surface area (Å²) in [5.41, 5.74) is 2.14. The highest BCUT2D eigenvalue weighted by Crippen LogP contribution is 2.23. The Balaban J connectivity index is 2.14. The zero-order valence-corrected chi connectivity index (χ0v) is 16.4. The molecule has 1 N–H and O–H groups in total. The number of hydrogen-bond acceptors (Lipinski definition) is 5. The molecule has 0 aliphatic rings. The van der Waals surface area contributed by atoms with Gasteiger partial charge in [-0.3, -0.25) is 24.5 Å². The standard InChI is InChI=1S/C19H27N5O3/c1-5-22(6-2)13-16-10-8-9-15(11-16)12-20-19(25)18-17(24(26)27)14(4)21-23(18)7-3/h8-11H,5-7,12-13H2,1-4H3,(H,20,25). The number of amides is 1. The molecule has 146 valence electrons. The molecular formula is C19H27N5O3. The second-order valence-corrected chi connectivity index (χ2v) is 6.32. The molecule has 27 heavy (non-hydrogen) atoms. The average molecular weight is 373 g/mol. The zero-order valence-electron chi connectivity index (χ0n) is 16.4. The predicted octanol–water partition coefficient (Wildman–Crippen LogP) is 2.89. The minimum Gasteiger partial charge on any atom is -0.346 e. The third kappa shape index (κ3) is 4.91. The summed E-state index contributed by atoms with van der Waals surface area (Å²) in [7, 11) is 0. The first-order valence-electron chi connectivity index (χ1n) is 9.21. The molecule has 1 heterocycles. The predicted molar refractivity (Wildman–Crippen MR) is 104 cm³/mol. The van der Waals surface area contributed by atoms with Crippen molar-refractivity contribution in [3.63, 3.8) is 0 Å². The molecule has 0 fully saturated rings. The number of nitrogens with zero attached hydrogens (tertiary/aromatic N) is 4. The molecule has 0 radical (unpaired) electrons. The summed E-state index contributed by atoms with van der Waals surface area (Å²) in [6.45, 7) is 11.1. The van der Waals surface area contributed by atoms with Crippen LogP contribution in [-0.2, 0) is 19.6 Å². The van der Waals surface area contributed by atoms with Crippen LogP contribution in [0.2, 0.25) is 0 Å². The summed E-state index contributed by atoms with van der Waals surface area (Å²) in [4.78, 5) is 25.7. The number of aryl methyl sites for hydroxylation is 2. The normalized spacial score (nSPS) is 11.0. The van der Waals surface area contributed by atoms with Gasteiger partial charge in [-0.1, -0.05) is 38.1 Å². The van der Waals surface area contributed by atoms with E-state index in [-0.39, 0.29) is 17.1 Å². The lowest BCUT2D eigenvalue weighted by Gasteiger charge is -2.18. The van der Waals surface area contributed by atoms with E-state index in [1.807, 2.05) is 12.1 Å². The van der Waals surface area contributed by atoms with E-state index in [1.165, 1.54) is 17.2 Å². The Morgan fingerprint density at radius 2 is 1.93 bits per heavy atom. The van der Waals surface area contributed by atoms with Crippen molar-refractivity contribution in [2.24, 2.45) is 0 Å². The molecule has 0 unspecified atom stereocenters. The second kappa shape index (κ2) is 9.27. The molecule has 0 saturated heterocycles. The van der Waals surface area contributed by atoms with Crippen molar-refractivity contribution in [1.29, 1.82) is 0 Å². The third-order valence-corrected chi connectivity index (χ3v) is 4.54. The first kappa shape index (κ1) is 20.6. The fourth-order valence-electron chi connectivity index (χ4n) is 3.05. The maximum atomic E-state index is 12.6. The summed E-state index contributed by atoms with van der Waals surface area (Å²) in [5.74, 6) is -0.488. The fourth-order valence-corrected chi connectivity index (χ4v) is 3.05. The number of nitro groups is 1. The molecule has 0 spiro atoms. The van der Waals surface area contributed by atoms with E-state index < -0.39 is 10.8 Å². The Bertz CT molecular complexity index is 812. The van der Waals surface area contributed by atoms with Crippen molar-refractivity contribution in [3.05, 3.63) is 56.9 Å². The summed E-state index contributed by atoms with van der Waals surface area (Å²) in [6.07, 6.45) is 0. The van der Waals surface area contributed by atoms with Crippen LogP contribution in [-0.4, -0.2) is 38.6 Å². The Hall–Kier alpha value is -2.74. The van der Waals surface area contributed by atoms with Gasteiger partial charge < -0.3 is 5.32 Å². The summed E-state index contributed by atoms with van der Waals surface area (Å²) in [5, 5.41) is 18.2. The molecule has 2 rings (SSSR count). The molecule has 8 heteroatoms. The molecule has 1 aromatic carbocycles. The molecule has 8 nitrogen and oxygen atoms in total. The smallest absolute Gasteiger partial charge is 0.322 e. The maximum Gasteiger partial charge on any atom is 0.322 e. The lowest BCUT2D eigenvalue weighted by Crippen LogP contribution is -2.26. The molecule has 2 aromatic rings. The number of aromatic nitrogens is 2. The van der Waals surface area contributed by atoms with Gasteiger partial charge in [-0.05, 0) is 38.1 Å². The zero-order chi connectivity index (χ0) is 20.0. The first-order valence-corrected chi connectivity index (χ1v) is 9.21. The van der Waals surface area contributed by atoms with Crippen molar-refractivity contribution in [1.82, 2.24) is 20.0 Å². The van der Waals surface area contributed by atoms with E-state index in [9.17, 15) is 14.9 Å². The number of carbonyl (C=O) groups excluding carboxylic acids is 1. The Kier molecular flexibility index (Phi) is 7.06. The molecule has 0 atom stereocenters. The molecule has 1 amide bonds. The number of benzene rings is 1. The van der Waals surface area contributed by atoms with E-state index >= 15 is 0 Å². The monoisotopic (exact) mass is 373 g/mol. The highest BCUT2D eigenvalue weighted by molar-refractivity contribution is 5.96. The van der Waals surface area contributed by atoms with E-state index in [1.54, 1.807) is 6.92 Å². The van der Waals surface area contributed by atoms with Gasteiger partial charge in [0.1, 0.15) is 5.69 Å². The lowest BCUT2D eigenvalue weighted by molar-refractivity contribution is -0.385. The van der Waals surface area contributed by atoms with Crippen LogP contribution in [0.15, 0.2) is 24.3 Å². The number of rotatable bonds is 9. The molecule has 0 aliphatic carbocycles. The van der Waals surface area contributed by atoms with Gasteiger partial charge >= 0.3 is 5.69 Å². The third-order valence-electron chi connectivity index (χ3n) is 4.54. The fraction of sp³-hybridized carbons (Fsp3) is 0.474. The lowest BCUT2D eigenvalue weighted by atomic mass is 10.1. The van der Waals surface area contributed by atoms with Gasteiger partial charge in [0.05, 0.1) is 4.92 Å². The van der Waals surface area contributed by atoms with Gasteiger partial charge in [0.15, 0.2) is 0 Å². The van der Waals surface area contributed by atoms with E-state index in [0.29, 0.717) is 13.1 Å². The highest BCUT2D eigenvalue weighted by Gasteiger charge is 2.29. The Labute approximate surface area is 159 Å². The van der Waals surface area contributed by atoms with Crippen molar-refractivity contribution >= 4 is 11.6 Å². The van der Waals surface area contributed by atoms with Gasteiger partial charge in [-0.2, -0.15) is 5.10 Å². The average Bonchev–Trinajstić information content (AvgIpc) is 3.01. The number of nitrogens with one attached hydrogen (secondary N) is 1. The van der Waals surface area contributed by atoms with Crippen molar-refractivity contribution in [3.8, 4) is 0 Å². The van der Waals surface area contributed by atoms with Gasteiger partial charge in [0.2, 0.25) is 5.69 Å². The van der Waals surface area contributed by atoms with Gasteiger partial charge in [0, 0.05) is 19.6 Å². The van der Waals surface area contributed by atoms with Crippen LogP contribution in [0, 0.1) is 17.0 Å². The largest absolute Gasteiger partial charge is 0.346 e. The van der Waals surface area contributed by atoms with Crippen molar-refractivity contribution in [2.45, 2.75) is 47.3 Å². The van der Waals surface area contributed by atoms with Gasteiger partial charge in [-0.15, -0.1) is 0 Å². The SMILES string of the molecule is CCN(CC)Cc1cccc(CNC(=O)c2c([N+](=O)[O-])c(C)nn2CC)c1. The van der Waals surface area contributed by atoms with Crippen LogP contribution >= 0.6 is 0 Å². The van der Waals surface area contributed by atoms with Crippen LogP contribution < -0.4 is 5.32 Å². The summed E-state index contributed by atoms with van der Waals surface area (Å²) < 4.78 is 1.37. The van der Waals surface area contributed by atoms with Crippen LogP contribution in [0.1, 0.15) is 48.1 Å². The van der Waals surface area contributed by atoms with Crippen LogP contribution in [0.3, 0.4) is 0 Å². The minimum absolute atomic E-state index is 0.000652. The quantitative estimate of drug-likeness (QED) is 0.539. The topological polar surface area (TPSA) is 93.3 Å². The molecule has 0 aliphatic heterocycles. The summed E-state index contributed by atoms with van der Waals surface area (Å²) in [6, 6.07) is 8.01. The maximum absolute atomic E-state index is 12.6. The van der Waals surface area contributed by atoms with Crippen molar-refractivity contribution < 1.29 is 9.72 Å². The van der Waals surface area contributed by atoms with Gasteiger partial charge in [-0.25, -0.2) is 0 Å². The second-order valence-electron chi connectivity index (χ2n) is 6.32. The molecule has 0 bridgehead atoms. The molecule has 1 aromatic heterocycles. The van der Waals surface area contributed by atoms with Crippen LogP contribution in [0.4, 0.5) is 5.69 Å². The number of carbonyl (C=O) groups is 1. The molecular weight excluding hydrogens is 346 g/mol. The van der Waals surface area contributed by atoms with E-state index in [2.05, 4.69) is 41.3 Å². The van der Waals surface area contributed by atoms with Crippen LogP contribution in [0.5, 0.6) is 0 Å². The van der Waals surface area contributed by atoms with Gasteiger partial charge in [0.25, 0.3) is 5.91 Å². The first-order chi connectivity index (χ1) is 12.9. The highest BCUT2D eigenvalue weighted by atomic mass is 16.6. The van der Waals surface area contributed by atoms with E-state index in [0.717, 1.165) is 25.2 Å². The van der Waals surface area contributed by atoms with Crippen LogP contribution in [0.25, 0.3) is 0 Å². The minimum atomic E-state index is -0.548. The van der Waals surface area contributed by atoms with Crippen molar-refractivity contribution in [2.75, 3.05) is 13.1 Å². The summed E-state index contributed by atoms with van der Waals surface area (Å²) >= 11 is 0. The Morgan fingerprint density at radius 3 is 2.52 bits per heavy atom.